The Bertz CT molecular complexity index is 604. The summed E-state index contributed by atoms with van der Waals surface area (Å²) in [5.41, 5.74) is 0.584. The van der Waals surface area contributed by atoms with Crippen LogP contribution in [0.1, 0.15) is 15.9 Å². The molecule has 2 heterocycles. The zero-order valence-corrected chi connectivity index (χ0v) is 9.23. The monoisotopic (exact) mass is 229 g/mol. The normalized spacial score (nSPS) is 9.94. The summed E-state index contributed by atoms with van der Waals surface area (Å²) in [6, 6.07) is 4.92. The minimum atomic E-state index is -0.464. The summed E-state index contributed by atoms with van der Waals surface area (Å²) in [6.45, 7) is 1.83. The van der Waals surface area contributed by atoms with E-state index in [2.05, 4.69) is 15.3 Å². The Balaban J connectivity index is 2.27. The van der Waals surface area contributed by atoms with Gasteiger partial charge in [0.15, 0.2) is 5.43 Å². The van der Waals surface area contributed by atoms with E-state index in [0.29, 0.717) is 5.82 Å². The molecule has 17 heavy (non-hydrogen) atoms. The van der Waals surface area contributed by atoms with Gasteiger partial charge in [-0.1, -0.05) is 6.07 Å². The average molecular weight is 229 g/mol. The second kappa shape index (κ2) is 4.61. The van der Waals surface area contributed by atoms with E-state index in [4.69, 9.17) is 0 Å². The van der Waals surface area contributed by atoms with Crippen molar-refractivity contribution >= 4 is 11.7 Å². The van der Waals surface area contributed by atoms with Crippen LogP contribution in [-0.4, -0.2) is 15.9 Å². The molecule has 0 aliphatic rings. The third kappa shape index (κ3) is 2.39. The van der Waals surface area contributed by atoms with Crippen LogP contribution in [0, 0.1) is 6.92 Å². The zero-order chi connectivity index (χ0) is 12.3. The summed E-state index contributed by atoms with van der Waals surface area (Å²) >= 11 is 0. The highest BCUT2D eigenvalue weighted by molar-refractivity contribution is 6.03. The number of nitrogens with one attached hydrogen (secondary N) is 2. The first-order valence-electron chi connectivity index (χ1n) is 5.08. The van der Waals surface area contributed by atoms with Gasteiger partial charge in [0.05, 0.1) is 0 Å². The lowest BCUT2D eigenvalue weighted by atomic mass is 10.2. The molecule has 2 rings (SSSR count). The van der Waals surface area contributed by atoms with Gasteiger partial charge < -0.3 is 10.3 Å². The van der Waals surface area contributed by atoms with Crippen molar-refractivity contribution in [3.63, 3.8) is 0 Å². The second-order valence-electron chi connectivity index (χ2n) is 3.55. The highest BCUT2D eigenvalue weighted by atomic mass is 16.2. The van der Waals surface area contributed by atoms with Gasteiger partial charge in [0.2, 0.25) is 0 Å². The number of aromatic amines is 1. The Hall–Kier alpha value is -2.43. The molecule has 2 aromatic rings. The highest BCUT2D eigenvalue weighted by Crippen LogP contribution is 2.09. The maximum absolute atomic E-state index is 11.8. The van der Waals surface area contributed by atoms with Crippen molar-refractivity contribution in [2.24, 2.45) is 0 Å². The van der Waals surface area contributed by atoms with E-state index in [1.165, 1.54) is 18.5 Å². The van der Waals surface area contributed by atoms with Gasteiger partial charge in [-0.3, -0.25) is 9.59 Å². The molecule has 1 amide bonds. The first kappa shape index (κ1) is 11.1. The number of nitrogens with zero attached hydrogens (tertiary/aromatic N) is 1. The van der Waals surface area contributed by atoms with E-state index in [-0.39, 0.29) is 11.0 Å². The lowest BCUT2D eigenvalue weighted by Crippen LogP contribution is -2.21. The molecule has 0 radical (unpaired) electrons. The molecule has 0 aliphatic heterocycles. The van der Waals surface area contributed by atoms with Crippen molar-refractivity contribution in [3.8, 4) is 0 Å². The molecule has 2 N–H and O–H groups in total. The standard InChI is InChI=1S/C12H11N3O2/c1-8-3-2-5-14-11(8)15-12(17)9-7-13-6-4-10(9)16/h2-7H,1H3,(H,13,16)(H,14,15,17). The van der Waals surface area contributed by atoms with E-state index >= 15 is 0 Å². The average Bonchev–Trinajstić information content (AvgIpc) is 2.32. The Kier molecular flexibility index (Phi) is 3.00. The van der Waals surface area contributed by atoms with Crippen LogP contribution in [0.4, 0.5) is 5.82 Å². The van der Waals surface area contributed by atoms with Gasteiger partial charge in [-0.2, -0.15) is 0 Å². The molecule has 86 valence electrons. The number of hydrogen-bond donors (Lipinski definition) is 2. The molecule has 2 aromatic heterocycles. The summed E-state index contributed by atoms with van der Waals surface area (Å²) in [6.07, 6.45) is 4.43. The smallest absolute Gasteiger partial charge is 0.262 e. The first-order valence-corrected chi connectivity index (χ1v) is 5.08. The number of hydrogen-bond acceptors (Lipinski definition) is 3. The molecule has 0 spiro atoms. The van der Waals surface area contributed by atoms with Crippen molar-refractivity contribution in [1.29, 1.82) is 0 Å². The molecule has 0 aliphatic carbocycles. The van der Waals surface area contributed by atoms with Gasteiger partial charge in [0.1, 0.15) is 11.4 Å². The zero-order valence-electron chi connectivity index (χ0n) is 9.23. The van der Waals surface area contributed by atoms with E-state index in [1.54, 1.807) is 12.3 Å². The molecule has 5 heteroatoms. The van der Waals surface area contributed by atoms with E-state index in [1.807, 2.05) is 13.0 Å². The Morgan fingerprint density at radius 2 is 2.24 bits per heavy atom. The van der Waals surface area contributed by atoms with Crippen molar-refractivity contribution in [2.45, 2.75) is 6.92 Å². The number of carbonyl (C=O) groups excluding carboxylic acids is 1. The minimum Gasteiger partial charge on any atom is -0.367 e. The van der Waals surface area contributed by atoms with Gasteiger partial charge in [-0.15, -0.1) is 0 Å². The number of amides is 1. The fraction of sp³-hybridized carbons (Fsp3) is 0.0833. The van der Waals surface area contributed by atoms with Gasteiger partial charge in [0.25, 0.3) is 5.91 Å². The minimum absolute atomic E-state index is 0.0672. The first-order chi connectivity index (χ1) is 8.18. The quantitative estimate of drug-likeness (QED) is 0.815. The number of aryl methyl sites for hydroxylation is 1. The van der Waals surface area contributed by atoms with E-state index < -0.39 is 5.91 Å². The van der Waals surface area contributed by atoms with E-state index in [9.17, 15) is 9.59 Å². The van der Waals surface area contributed by atoms with Crippen LogP contribution >= 0.6 is 0 Å². The van der Waals surface area contributed by atoms with Crippen LogP contribution in [0.5, 0.6) is 0 Å². The molecule has 0 saturated carbocycles. The van der Waals surface area contributed by atoms with Crippen LogP contribution in [0.15, 0.2) is 41.6 Å². The number of aromatic nitrogens is 2. The van der Waals surface area contributed by atoms with Gasteiger partial charge in [-0.05, 0) is 18.6 Å². The van der Waals surface area contributed by atoms with Crippen molar-refractivity contribution in [2.75, 3.05) is 5.32 Å². The molecule has 0 atom stereocenters. The van der Waals surface area contributed by atoms with Crippen LogP contribution in [0.3, 0.4) is 0 Å². The predicted octanol–water partition coefficient (Wildman–Crippen LogP) is 1.33. The van der Waals surface area contributed by atoms with Gasteiger partial charge in [-0.25, -0.2) is 4.98 Å². The summed E-state index contributed by atoms with van der Waals surface area (Å²) in [7, 11) is 0. The number of anilines is 1. The number of carbonyl (C=O) groups is 1. The fourth-order valence-corrected chi connectivity index (χ4v) is 1.39. The highest BCUT2D eigenvalue weighted by Gasteiger charge is 2.11. The topological polar surface area (TPSA) is 74.8 Å². The maximum Gasteiger partial charge on any atom is 0.262 e. The third-order valence-corrected chi connectivity index (χ3v) is 2.31. The van der Waals surface area contributed by atoms with Crippen LogP contribution in [0.2, 0.25) is 0 Å². The number of rotatable bonds is 2. The summed E-state index contributed by atoms with van der Waals surface area (Å²) in [4.78, 5) is 30.0. The van der Waals surface area contributed by atoms with Crippen molar-refractivity contribution < 1.29 is 4.79 Å². The van der Waals surface area contributed by atoms with Crippen LogP contribution < -0.4 is 10.7 Å². The van der Waals surface area contributed by atoms with Crippen LogP contribution in [0.25, 0.3) is 0 Å². The molecule has 0 bridgehead atoms. The summed E-state index contributed by atoms with van der Waals surface area (Å²) < 4.78 is 0. The van der Waals surface area contributed by atoms with Crippen LogP contribution in [-0.2, 0) is 0 Å². The van der Waals surface area contributed by atoms with Crippen molar-refractivity contribution in [1.82, 2.24) is 9.97 Å². The fourth-order valence-electron chi connectivity index (χ4n) is 1.39. The Morgan fingerprint density at radius 1 is 1.41 bits per heavy atom. The van der Waals surface area contributed by atoms with Crippen molar-refractivity contribution in [3.05, 3.63) is 58.1 Å². The molecule has 0 unspecified atom stereocenters. The molecular weight excluding hydrogens is 218 g/mol. The SMILES string of the molecule is Cc1cccnc1NC(=O)c1c[nH]ccc1=O. The predicted molar refractivity (Wildman–Crippen MR) is 64.0 cm³/mol. The molecular formula is C12H11N3O2. The molecule has 0 fully saturated rings. The van der Waals surface area contributed by atoms with Gasteiger partial charge in [0, 0.05) is 24.7 Å². The third-order valence-electron chi connectivity index (χ3n) is 2.31. The molecule has 0 aromatic carbocycles. The Labute approximate surface area is 97.5 Å². The van der Waals surface area contributed by atoms with E-state index in [0.717, 1.165) is 5.56 Å². The lowest BCUT2D eigenvalue weighted by molar-refractivity contribution is 0.102. The molecule has 5 nitrogen and oxygen atoms in total. The summed E-state index contributed by atoms with van der Waals surface area (Å²) in [5, 5.41) is 2.60. The second-order valence-corrected chi connectivity index (χ2v) is 3.55. The number of pyridine rings is 2. The maximum atomic E-state index is 11.8. The molecule has 0 saturated heterocycles. The Morgan fingerprint density at radius 3 is 2.94 bits per heavy atom. The largest absolute Gasteiger partial charge is 0.367 e. The summed E-state index contributed by atoms with van der Waals surface area (Å²) in [5.74, 6) is -0.00518. The lowest BCUT2D eigenvalue weighted by Gasteiger charge is -2.05. The number of H-pyrrole nitrogens is 1. The van der Waals surface area contributed by atoms with Gasteiger partial charge >= 0.3 is 0 Å².